The average Bonchev–Trinajstić information content (AvgIpc) is 2.28. The van der Waals surface area contributed by atoms with E-state index in [0.717, 1.165) is 4.47 Å². The van der Waals surface area contributed by atoms with Crippen molar-refractivity contribution in [1.82, 2.24) is 0 Å². The highest BCUT2D eigenvalue weighted by Gasteiger charge is 2.18. The maximum absolute atomic E-state index is 11.0. The second kappa shape index (κ2) is 5.86. The molecule has 88 valence electrons. The topological polar surface area (TPSA) is 55.8 Å². The lowest BCUT2D eigenvalue weighted by atomic mass is 10.1. The van der Waals surface area contributed by atoms with Gasteiger partial charge < -0.3 is 14.6 Å². The van der Waals surface area contributed by atoms with Gasteiger partial charge in [-0.05, 0) is 22.0 Å². The van der Waals surface area contributed by atoms with Crippen molar-refractivity contribution in [2.24, 2.45) is 0 Å². The number of aliphatic hydroxyl groups is 1. The smallest absolute Gasteiger partial charge is 0.308 e. The van der Waals surface area contributed by atoms with Gasteiger partial charge in [-0.1, -0.05) is 12.1 Å². The van der Waals surface area contributed by atoms with Gasteiger partial charge in [-0.3, -0.25) is 4.79 Å². The Balaban J connectivity index is 2.94. The third kappa shape index (κ3) is 2.96. The van der Waals surface area contributed by atoms with Crippen LogP contribution in [0.15, 0.2) is 22.7 Å². The largest absolute Gasteiger partial charge is 0.495 e. The summed E-state index contributed by atoms with van der Waals surface area (Å²) >= 11 is 3.31. The fraction of sp³-hybridized carbons (Fsp3) is 0.364. The quantitative estimate of drug-likeness (QED) is 0.862. The fourth-order valence-corrected chi connectivity index (χ4v) is 1.90. The molecule has 0 aliphatic rings. The Kier molecular flexibility index (Phi) is 4.76. The van der Waals surface area contributed by atoms with Gasteiger partial charge in [0.1, 0.15) is 5.75 Å². The van der Waals surface area contributed by atoms with E-state index in [1.807, 2.05) is 0 Å². The standard InChI is InChI=1S/C11H13BrO4/c1-15-10(14)6-9(13)7-4-3-5-8(12)11(7)16-2/h3-5,9,13H,6H2,1-2H3. The van der Waals surface area contributed by atoms with Crippen LogP contribution < -0.4 is 4.74 Å². The van der Waals surface area contributed by atoms with Gasteiger partial charge >= 0.3 is 5.97 Å². The van der Waals surface area contributed by atoms with Crippen LogP contribution in [-0.2, 0) is 9.53 Å². The first kappa shape index (κ1) is 13.0. The Bertz CT molecular complexity index is 378. The minimum absolute atomic E-state index is 0.0939. The SMILES string of the molecule is COC(=O)CC(O)c1cccc(Br)c1OC. The molecule has 0 bridgehead atoms. The van der Waals surface area contributed by atoms with Gasteiger partial charge in [0.15, 0.2) is 0 Å². The van der Waals surface area contributed by atoms with Gasteiger partial charge in [-0.25, -0.2) is 0 Å². The Morgan fingerprint density at radius 3 is 2.75 bits per heavy atom. The molecular formula is C11H13BrO4. The molecule has 5 heteroatoms. The van der Waals surface area contributed by atoms with Gasteiger partial charge in [0, 0.05) is 5.56 Å². The molecule has 0 saturated carbocycles. The minimum atomic E-state index is -0.931. The summed E-state index contributed by atoms with van der Waals surface area (Å²) in [7, 11) is 2.79. The number of aliphatic hydroxyl groups excluding tert-OH is 1. The lowest BCUT2D eigenvalue weighted by molar-refractivity contribution is -0.142. The molecule has 1 aromatic rings. The Hall–Kier alpha value is -1.07. The highest BCUT2D eigenvalue weighted by molar-refractivity contribution is 9.10. The molecular weight excluding hydrogens is 276 g/mol. The molecule has 0 aliphatic carbocycles. The van der Waals surface area contributed by atoms with Crippen LogP contribution in [0.3, 0.4) is 0 Å². The summed E-state index contributed by atoms with van der Waals surface area (Å²) in [6.07, 6.45) is -1.02. The van der Waals surface area contributed by atoms with E-state index in [1.165, 1.54) is 14.2 Å². The number of halogens is 1. The monoisotopic (exact) mass is 288 g/mol. The summed E-state index contributed by atoms with van der Waals surface area (Å²) in [6, 6.07) is 5.27. The number of carbonyl (C=O) groups is 1. The van der Waals surface area contributed by atoms with Crippen molar-refractivity contribution >= 4 is 21.9 Å². The first-order valence-electron chi connectivity index (χ1n) is 4.67. The van der Waals surface area contributed by atoms with Crippen molar-refractivity contribution in [3.8, 4) is 5.75 Å². The molecule has 0 radical (unpaired) electrons. The van der Waals surface area contributed by atoms with Gasteiger partial charge in [-0.2, -0.15) is 0 Å². The zero-order valence-electron chi connectivity index (χ0n) is 9.07. The lowest BCUT2D eigenvalue weighted by Gasteiger charge is -2.14. The van der Waals surface area contributed by atoms with Gasteiger partial charge in [0.2, 0.25) is 0 Å². The summed E-state index contributed by atoms with van der Waals surface area (Å²) in [4.78, 5) is 11.0. The molecule has 0 spiro atoms. The van der Waals surface area contributed by atoms with E-state index in [2.05, 4.69) is 20.7 Å². The van der Waals surface area contributed by atoms with Crippen molar-refractivity contribution in [1.29, 1.82) is 0 Å². The summed E-state index contributed by atoms with van der Waals surface area (Å²) in [5, 5.41) is 9.86. The number of para-hydroxylation sites is 1. The first-order valence-corrected chi connectivity index (χ1v) is 5.46. The zero-order valence-corrected chi connectivity index (χ0v) is 10.7. The first-order chi connectivity index (χ1) is 7.60. The molecule has 0 heterocycles. The van der Waals surface area contributed by atoms with E-state index >= 15 is 0 Å². The van der Waals surface area contributed by atoms with Crippen molar-refractivity contribution in [2.45, 2.75) is 12.5 Å². The second-order valence-corrected chi connectivity index (χ2v) is 4.01. The normalized spacial score (nSPS) is 12.0. The lowest BCUT2D eigenvalue weighted by Crippen LogP contribution is -2.09. The summed E-state index contributed by atoms with van der Waals surface area (Å²) < 4.78 is 10.4. The average molecular weight is 289 g/mol. The van der Waals surface area contributed by atoms with Crippen molar-refractivity contribution < 1.29 is 19.4 Å². The number of rotatable bonds is 4. The van der Waals surface area contributed by atoms with Crippen LogP contribution in [0, 0.1) is 0 Å². The summed E-state index contributed by atoms with van der Waals surface area (Å²) in [5.41, 5.74) is 0.558. The number of esters is 1. The van der Waals surface area contributed by atoms with Crippen molar-refractivity contribution in [3.63, 3.8) is 0 Å². The van der Waals surface area contributed by atoms with Gasteiger partial charge in [0.05, 0.1) is 31.2 Å². The molecule has 0 saturated heterocycles. The van der Waals surface area contributed by atoms with Crippen LogP contribution in [0.1, 0.15) is 18.1 Å². The van der Waals surface area contributed by atoms with Gasteiger partial charge in [-0.15, -0.1) is 0 Å². The summed E-state index contributed by atoms with van der Waals surface area (Å²) in [5.74, 6) is 0.0634. The molecule has 1 unspecified atom stereocenters. The maximum atomic E-state index is 11.0. The number of carbonyl (C=O) groups excluding carboxylic acids is 1. The van der Waals surface area contributed by atoms with Crippen molar-refractivity contribution in [3.05, 3.63) is 28.2 Å². The van der Waals surface area contributed by atoms with E-state index in [1.54, 1.807) is 18.2 Å². The molecule has 1 N–H and O–H groups in total. The molecule has 1 aromatic carbocycles. The van der Waals surface area contributed by atoms with Crippen LogP contribution in [0.2, 0.25) is 0 Å². The Labute approximate surface area is 102 Å². The number of hydrogen-bond acceptors (Lipinski definition) is 4. The van der Waals surface area contributed by atoms with Crippen LogP contribution in [0.5, 0.6) is 5.75 Å². The number of methoxy groups -OCH3 is 2. The van der Waals surface area contributed by atoms with E-state index in [0.29, 0.717) is 11.3 Å². The number of benzene rings is 1. The molecule has 0 aliphatic heterocycles. The Morgan fingerprint density at radius 1 is 1.50 bits per heavy atom. The van der Waals surface area contributed by atoms with Crippen LogP contribution in [-0.4, -0.2) is 25.3 Å². The van der Waals surface area contributed by atoms with E-state index < -0.39 is 12.1 Å². The molecule has 4 nitrogen and oxygen atoms in total. The number of ether oxygens (including phenoxy) is 2. The summed E-state index contributed by atoms with van der Waals surface area (Å²) in [6.45, 7) is 0. The third-order valence-corrected chi connectivity index (χ3v) is 2.77. The van der Waals surface area contributed by atoms with Crippen LogP contribution >= 0.6 is 15.9 Å². The molecule has 16 heavy (non-hydrogen) atoms. The molecule has 1 rings (SSSR count). The minimum Gasteiger partial charge on any atom is -0.495 e. The molecule has 0 amide bonds. The predicted octanol–water partition coefficient (Wildman–Crippen LogP) is 2.05. The molecule has 0 aromatic heterocycles. The highest BCUT2D eigenvalue weighted by atomic mass is 79.9. The fourth-order valence-electron chi connectivity index (χ4n) is 1.35. The molecule has 0 fully saturated rings. The predicted molar refractivity (Wildman–Crippen MR) is 62.3 cm³/mol. The van der Waals surface area contributed by atoms with E-state index in [4.69, 9.17) is 4.74 Å². The maximum Gasteiger partial charge on any atom is 0.308 e. The van der Waals surface area contributed by atoms with Crippen LogP contribution in [0.25, 0.3) is 0 Å². The van der Waals surface area contributed by atoms with E-state index in [-0.39, 0.29) is 6.42 Å². The van der Waals surface area contributed by atoms with Gasteiger partial charge in [0.25, 0.3) is 0 Å². The highest BCUT2D eigenvalue weighted by Crippen LogP contribution is 2.33. The van der Waals surface area contributed by atoms with Crippen LogP contribution in [0.4, 0.5) is 0 Å². The second-order valence-electron chi connectivity index (χ2n) is 3.16. The zero-order chi connectivity index (χ0) is 12.1. The third-order valence-electron chi connectivity index (χ3n) is 2.15. The van der Waals surface area contributed by atoms with Crippen molar-refractivity contribution in [2.75, 3.05) is 14.2 Å². The van der Waals surface area contributed by atoms with E-state index in [9.17, 15) is 9.90 Å². The molecule has 1 atom stereocenters. The Morgan fingerprint density at radius 2 is 2.19 bits per heavy atom. The number of hydrogen-bond donors (Lipinski definition) is 1.